The zero-order valence-electron chi connectivity index (χ0n) is 19.1. The average molecular weight is 486 g/mol. The number of likely N-dealkylation sites (tertiary alicyclic amines) is 1. The Morgan fingerprint density at radius 1 is 1.23 bits per heavy atom. The monoisotopic (exact) mass is 486 g/mol. The number of carbonyl (C=O) groups excluding carboxylic acids is 2. The van der Waals surface area contributed by atoms with Crippen LogP contribution in [0.15, 0.2) is 35.4 Å². The SMILES string of the molecule is CNc1cc(Nc2cccn(C3CC(F)(F)C3)c2=O)nn2c(C(=O)N[C@@H]3CCN(C)C3=O)cnc12. The van der Waals surface area contributed by atoms with E-state index in [1.807, 2.05) is 0 Å². The number of likely N-dealkylation sites (N-methyl/N-ethyl adjacent to an activating group) is 1. The van der Waals surface area contributed by atoms with Crippen LogP contribution in [0.5, 0.6) is 0 Å². The van der Waals surface area contributed by atoms with Gasteiger partial charge in [-0.1, -0.05) is 0 Å². The van der Waals surface area contributed by atoms with Gasteiger partial charge in [0.05, 0.1) is 11.9 Å². The molecular formula is C22H24F2N8O3. The fraction of sp³-hybridized carbons (Fsp3) is 0.409. The molecule has 3 aromatic rings. The molecule has 2 fully saturated rings. The third kappa shape index (κ3) is 4.06. The standard InChI is InChI=1S/C22H24F2N8O3/c1-25-15-8-17(27-13-4-3-6-31(21(13)35)12-9-22(23,24)10-12)29-32-16(11-26-18(15)32)19(33)28-14-5-7-30(2)20(14)34/h3-4,6,8,11-12,14,25H,5,7,9-10H2,1-2H3,(H,27,29)(H,28,33)/t14-/m1/s1. The number of alkyl halides is 2. The summed E-state index contributed by atoms with van der Waals surface area (Å²) in [6.45, 7) is 0.556. The number of imidazole rings is 1. The van der Waals surface area contributed by atoms with E-state index >= 15 is 0 Å². The zero-order valence-corrected chi connectivity index (χ0v) is 19.1. The lowest BCUT2D eigenvalue weighted by Gasteiger charge is -2.36. The fourth-order valence-corrected chi connectivity index (χ4v) is 4.41. The molecule has 35 heavy (non-hydrogen) atoms. The molecule has 3 N–H and O–H groups in total. The van der Waals surface area contributed by atoms with Gasteiger partial charge in [0.15, 0.2) is 17.2 Å². The van der Waals surface area contributed by atoms with Crippen molar-refractivity contribution in [2.24, 2.45) is 0 Å². The third-order valence-electron chi connectivity index (χ3n) is 6.40. The van der Waals surface area contributed by atoms with Gasteiger partial charge in [0.1, 0.15) is 11.7 Å². The Labute approximate surface area is 198 Å². The molecule has 0 aromatic carbocycles. The van der Waals surface area contributed by atoms with Gasteiger partial charge in [-0.15, -0.1) is 5.10 Å². The van der Waals surface area contributed by atoms with Gasteiger partial charge in [-0.2, -0.15) is 0 Å². The number of amides is 2. The van der Waals surface area contributed by atoms with E-state index in [4.69, 9.17) is 0 Å². The van der Waals surface area contributed by atoms with Crippen LogP contribution in [-0.4, -0.2) is 68.5 Å². The first-order valence-electron chi connectivity index (χ1n) is 11.2. The molecule has 3 aromatic heterocycles. The maximum Gasteiger partial charge on any atom is 0.274 e. The van der Waals surface area contributed by atoms with Crippen LogP contribution in [0, 0.1) is 0 Å². The Hall–Kier alpha value is -4.03. The molecule has 4 heterocycles. The molecule has 1 saturated heterocycles. The number of anilines is 3. The highest BCUT2D eigenvalue weighted by Gasteiger charge is 2.46. The molecule has 1 saturated carbocycles. The van der Waals surface area contributed by atoms with Crippen LogP contribution in [0.4, 0.5) is 26.0 Å². The number of carbonyl (C=O) groups is 2. The van der Waals surface area contributed by atoms with Crippen LogP contribution in [0.25, 0.3) is 5.65 Å². The highest BCUT2D eigenvalue weighted by molar-refractivity contribution is 5.97. The van der Waals surface area contributed by atoms with Gasteiger partial charge >= 0.3 is 0 Å². The number of fused-ring (bicyclic) bond motifs is 1. The van der Waals surface area contributed by atoms with Gasteiger partial charge in [-0.25, -0.2) is 18.3 Å². The Morgan fingerprint density at radius 2 is 2.00 bits per heavy atom. The molecule has 2 aliphatic rings. The highest BCUT2D eigenvalue weighted by Crippen LogP contribution is 2.44. The number of hydrogen-bond acceptors (Lipinski definition) is 7. The zero-order chi connectivity index (χ0) is 24.9. The van der Waals surface area contributed by atoms with E-state index in [1.54, 1.807) is 31.1 Å². The van der Waals surface area contributed by atoms with E-state index in [1.165, 1.54) is 27.5 Å². The van der Waals surface area contributed by atoms with Crippen LogP contribution >= 0.6 is 0 Å². The van der Waals surface area contributed by atoms with E-state index in [-0.39, 0.29) is 35.9 Å². The van der Waals surface area contributed by atoms with Crippen LogP contribution in [-0.2, 0) is 4.79 Å². The van der Waals surface area contributed by atoms with Crippen molar-refractivity contribution >= 4 is 34.7 Å². The van der Waals surface area contributed by atoms with Crippen molar-refractivity contribution < 1.29 is 18.4 Å². The summed E-state index contributed by atoms with van der Waals surface area (Å²) in [5.41, 5.74) is 0.730. The van der Waals surface area contributed by atoms with E-state index in [0.29, 0.717) is 24.3 Å². The van der Waals surface area contributed by atoms with E-state index in [2.05, 4.69) is 26.0 Å². The van der Waals surface area contributed by atoms with Crippen LogP contribution in [0.3, 0.4) is 0 Å². The predicted octanol–water partition coefficient (Wildman–Crippen LogP) is 1.61. The second kappa shape index (κ2) is 8.32. The number of pyridine rings is 1. The lowest BCUT2D eigenvalue weighted by Crippen LogP contribution is -2.41. The quantitative estimate of drug-likeness (QED) is 0.483. The summed E-state index contributed by atoms with van der Waals surface area (Å²) in [4.78, 5) is 43.8. The molecule has 1 aliphatic heterocycles. The Morgan fingerprint density at radius 3 is 2.66 bits per heavy atom. The molecule has 1 atom stereocenters. The van der Waals surface area contributed by atoms with Crippen molar-refractivity contribution in [1.82, 2.24) is 29.4 Å². The number of nitrogens with zero attached hydrogens (tertiary/aromatic N) is 5. The maximum atomic E-state index is 13.3. The molecule has 0 spiro atoms. The average Bonchev–Trinajstić information content (AvgIpc) is 3.37. The Kier molecular flexibility index (Phi) is 5.41. The number of aromatic nitrogens is 4. The second-order valence-electron chi connectivity index (χ2n) is 8.82. The first-order valence-corrected chi connectivity index (χ1v) is 11.2. The van der Waals surface area contributed by atoms with Crippen molar-refractivity contribution in [2.45, 2.75) is 37.3 Å². The summed E-state index contributed by atoms with van der Waals surface area (Å²) in [6, 6.07) is 3.57. The fourth-order valence-electron chi connectivity index (χ4n) is 4.41. The summed E-state index contributed by atoms with van der Waals surface area (Å²) < 4.78 is 29.2. The summed E-state index contributed by atoms with van der Waals surface area (Å²) in [6.07, 6.45) is 2.60. The summed E-state index contributed by atoms with van der Waals surface area (Å²) in [5.74, 6) is -3.19. The Balaban J connectivity index is 1.44. The van der Waals surface area contributed by atoms with Gasteiger partial charge in [0.25, 0.3) is 17.4 Å². The second-order valence-corrected chi connectivity index (χ2v) is 8.82. The van der Waals surface area contributed by atoms with Gasteiger partial charge < -0.3 is 25.4 Å². The molecule has 0 radical (unpaired) electrons. The largest absolute Gasteiger partial charge is 0.385 e. The minimum absolute atomic E-state index is 0.115. The summed E-state index contributed by atoms with van der Waals surface area (Å²) in [5, 5.41) is 13.1. The maximum absolute atomic E-state index is 13.3. The molecule has 5 rings (SSSR count). The van der Waals surface area contributed by atoms with Crippen LogP contribution in [0.1, 0.15) is 35.8 Å². The van der Waals surface area contributed by atoms with Gasteiger partial charge in [-0.3, -0.25) is 14.4 Å². The van der Waals surface area contributed by atoms with Crippen LogP contribution < -0.4 is 21.5 Å². The van der Waals surface area contributed by atoms with Crippen molar-refractivity contribution in [3.05, 3.63) is 46.6 Å². The third-order valence-corrected chi connectivity index (χ3v) is 6.40. The van der Waals surface area contributed by atoms with Crippen molar-refractivity contribution in [2.75, 3.05) is 31.3 Å². The van der Waals surface area contributed by atoms with Crippen molar-refractivity contribution in [1.29, 1.82) is 0 Å². The van der Waals surface area contributed by atoms with E-state index < -0.39 is 29.5 Å². The topological polar surface area (TPSA) is 126 Å². The summed E-state index contributed by atoms with van der Waals surface area (Å²) in [7, 11) is 3.35. The molecule has 11 nitrogen and oxygen atoms in total. The molecule has 0 bridgehead atoms. The molecular weight excluding hydrogens is 462 g/mol. The lowest BCUT2D eigenvalue weighted by atomic mass is 9.88. The smallest absolute Gasteiger partial charge is 0.274 e. The number of rotatable bonds is 6. The molecule has 13 heteroatoms. The van der Waals surface area contributed by atoms with Crippen molar-refractivity contribution in [3.63, 3.8) is 0 Å². The first kappa shape index (κ1) is 22.7. The minimum Gasteiger partial charge on any atom is -0.385 e. The molecule has 2 amide bonds. The molecule has 184 valence electrons. The van der Waals surface area contributed by atoms with Crippen molar-refractivity contribution in [3.8, 4) is 0 Å². The van der Waals surface area contributed by atoms with Crippen LogP contribution in [0.2, 0.25) is 0 Å². The van der Waals surface area contributed by atoms with Gasteiger partial charge in [-0.05, 0) is 18.6 Å². The first-order chi connectivity index (χ1) is 16.7. The predicted molar refractivity (Wildman–Crippen MR) is 123 cm³/mol. The number of hydrogen-bond donors (Lipinski definition) is 3. The lowest BCUT2D eigenvalue weighted by molar-refractivity contribution is -0.128. The van der Waals surface area contributed by atoms with E-state index in [9.17, 15) is 23.2 Å². The number of nitrogens with one attached hydrogen (secondary N) is 3. The summed E-state index contributed by atoms with van der Waals surface area (Å²) >= 11 is 0. The normalized spacial score (nSPS) is 19.6. The van der Waals surface area contributed by atoms with Gasteiger partial charge in [0, 0.05) is 51.8 Å². The minimum atomic E-state index is -2.75. The van der Waals surface area contributed by atoms with E-state index in [0.717, 1.165) is 0 Å². The molecule has 1 aliphatic carbocycles. The molecule has 0 unspecified atom stereocenters. The Bertz CT molecular complexity index is 1380. The van der Waals surface area contributed by atoms with Gasteiger partial charge in [0.2, 0.25) is 5.91 Å². The highest BCUT2D eigenvalue weighted by atomic mass is 19.3. The number of halogens is 2.